The van der Waals surface area contributed by atoms with E-state index in [2.05, 4.69) is 16.3 Å². The number of carboxylic acid groups (broad SMARTS) is 1. The smallest absolute Gasteiger partial charge is 0.404 e. The zero-order valence-corrected chi connectivity index (χ0v) is 19.3. The van der Waals surface area contributed by atoms with Crippen LogP contribution in [0.15, 0.2) is 29.3 Å². The van der Waals surface area contributed by atoms with E-state index in [1.807, 2.05) is 0 Å². The van der Waals surface area contributed by atoms with Crippen molar-refractivity contribution < 1.29 is 24.1 Å². The van der Waals surface area contributed by atoms with Crippen molar-refractivity contribution in [2.24, 2.45) is 10.7 Å². The lowest BCUT2D eigenvalue weighted by atomic mass is 9.83. The number of imidazole rings is 1. The summed E-state index contributed by atoms with van der Waals surface area (Å²) < 4.78 is 21.4. The van der Waals surface area contributed by atoms with Gasteiger partial charge < -0.3 is 30.6 Å². The van der Waals surface area contributed by atoms with E-state index < -0.39 is 23.7 Å². The minimum absolute atomic E-state index is 0.144. The summed E-state index contributed by atoms with van der Waals surface area (Å²) in [6.45, 7) is 0.831. The van der Waals surface area contributed by atoms with E-state index in [4.69, 9.17) is 27.0 Å². The Bertz CT molecular complexity index is 1150. The van der Waals surface area contributed by atoms with Gasteiger partial charge in [0.05, 0.1) is 13.2 Å². The van der Waals surface area contributed by atoms with E-state index in [9.17, 15) is 14.3 Å². The summed E-state index contributed by atoms with van der Waals surface area (Å²) in [5.74, 6) is 0.777. The van der Waals surface area contributed by atoms with E-state index in [1.165, 1.54) is 17.0 Å². The van der Waals surface area contributed by atoms with Crippen LogP contribution in [-0.2, 0) is 11.3 Å². The first-order chi connectivity index (χ1) is 16.8. The van der Waals surface area contributed by atoms with E-state index in [1.54, 1.807) is 16.7 Å². The summed E-state index contributed by atoms with van der Waals surface area (Å²) in [7, 11) is 0. The molecule has 2 heterocycles. The third-order valence-electron chi connectivity index (χ3n) is 6.27. The average Bonchev–Trinajstić information content (AvgIpc) is 3.20. The number of fused-ring (bicyclic) bond motifs is 1. The van der Waals surface area contributed by atoms with E-state index >= 15 is 0 Å². The molecule has 1 saturated carbocycles. The van der Waals surface area contributed by atoms with Crippen LogP contribution in [0.4, 0.5) is 15.0 Å². The van der Waals surface area contributed by atoms with Gasteiger partial charge in [-0.05, 0) is 25.0 Å². The number of carbonyl (C=O) groups is 1. The van der Waals surface area contributed by atoms with Gasteiger partial charge in [0.15, 0.2) is 11.7 Å². The van der Waals surface area contributed by atoms with E-state index in [0.29, 0.717) is 48.1 Å². The molecule has 0 spiro atoms. The second-order valence-corrected chi connectivity index (χ2v) is 8.62. The predicted molar refractivity (Wildman–Crippen MR) is 127 cm³/mol. The molecular formula is C24H29FN6O4. The van der Waals surface area contributed by atoms with Crippen LogP contribution in [-0.4, -0.2) is 62.0 Å². The first-order valence-electron chi connectivity index (χ1n) is 11.6. The maximum absolute atomic E-state index is 14.0. The zero-order chi connectivity index (χ0) is 25.0. The summed E-state index contributed by atoms with van der Waals surface area (Å²) in [5.41, 5.74) is 6.26. The largest absolute Gasteiger partial charge is 0.465 e. The van der Waals surface area contributed by atoms with Gasteiger partial charge in [-0.1, -0.05) is 37.8 Å². The Labute approximate surface area is 202 Å². The van der Waals surface area contributed by atoms with Gasteiger partial charge in [-0.15, -0.1) is 0 Å². The normalized spacial score (nSPS) is 19.0. The summed E-state index contributed by atoms with van der Waals surface area (Å²) in [6.07, 6.45) is 7.59. The van der Waals surface area contributed by atoms with Crippen molar-refractivity contribution in [3.05, 3.63) is 35.8 Å². The molecule has 1 amide bonds. The lowest BCUT2D eigenvalue weighted by Gasteiger charge is -2.40. The molecule has 186 valence electrons. The van der Waals surface area contributed by atoms with Crippen molar-refractivity contribution in [1.29, 1.82) is 0 Å². The summed E-state index contributed by atoms with van der Waals surface area (Å²) in [6, 6.07) is 8.58. The highest BCUT2D eigenvalue weighted by molar-refractivity contribution is 5.95. The van der Waals surface area contributed by atoms with Crippen LogP contribution in [0.5, 0.6) is 0 Å². The highest BCUT2D eigenvalue weighted by Crippen LogP contribution is 2.40. The van der Waals surface area contributed by atoms with Crippen LogP contribution in [0.25, 0.3) is 11.4 Å². The molecule has 11 heteroatoms. The Morgan fingerprint density at radius 2 is 2.11 bits per heavy atom. The summed E-state index contributed by atoms with van der Waals surface area (Å²) in [4.78, 5) is 21.5. The van der Waals surface area contributed by atoms with Crippen molar-refractivity contribution >= 4 is 17.7 Å². The molecule has 35 heavy (non-hydrogen) atoms. The van der Waals surface area contributed by atoms with E-state index in [-0.39, 0.29) is 19.8 Å². The highest BCUT2D eigenvalue weighted by Gasteiger charge is 2.43. The maximum atomic E-state index is 14.0. The zero-order valence-electron chi connectivity index (χ0n) is 19.3. The van der Waals surface area contributed by atoms with Gasteiger partial charge in [-0.25, -0.2) is 19.2 Å². The van der Waals surface area contributed by atoms with Crippen LogP contribution < -0.4 is 11.1 Å². The molecule has 0 bridgehead atoms. The molecule has 1 atom stereocenters. The Morgan fingerprint density at radius 3 is 2.80 bits per heavy atom. The highest BCUT2D eigenvalue weighted by atomic mass is 19.1. The maximum Gasteiger partial charge on any atom is 0.404 e. The lowest BCUT2D eigenvalue weighted by molar-refractivity contribution is 0.0583. The van der Waals surface area contributed by atoms with Gasteiger partial charge in [0, 0.05) is 24.7 Å². The molecule has 2 aromatic rings. The number of nitrogens with one attached hydrogen (secondary N) is 1. The SMILES string of the molecule is C#CN1C(C2(O)CCCCC2)=Nc2c(nc(-c3cccc(F)c3)n2CCOCCNC(=O)O)C1N. The number of aliphatic imine (C=N–C) groups is 1. The number of amidine groups is 1. The second-order valence-electron chi connectivity index (χ2n) is 8.62. The first-order valence-corrected chi connectivity index (χ1v) is 11.6. The van der Waals surface area contributed by atoms with E-state index in [0.717, 1.165) is 19.3 Å². The van der Waals surface area contributed by atoms with Crippen LogP contribution in [0.1, 0.15) is 44.0 Å². The Balaban J connectivity index is 1.72. The van der Waals surface area contributed by atoms with Crippen LogP contribution in [0.3, 0.4) is 0 Å². The molecule has 0 radical (unpaired) electrons. The van der Waals surface area contributed by atoms with Gasteiger partial charge in [-0.2, -0.15) is 0 Å². The molecule has 10 nitrogen and oxygen atoms in total. The monoisotopic (exact) mass is 484 g/mol. The molecule has 1 fully saturated rings. The van der Waals surface area contributed by atoms with Crippen molar-refractivity contribution in [2.75, 3.05) is 19.8 Å². The number of nitrogens with zero attached hydrogens (tertiary/aromatic N) is 4. The summed E-state index contributed by atoms with van der Waals surface area (Å²) >= 11 is 0. The van der Waals surface area contributed by atoms with Crippen LogP contribution in [0, 0.1) is 18.3 Å². The van der Waals surface area contributed by atoms with Crippen LogP contribution in [0.2, 0.25) is 0 Å². The van der Waals surface area contributed by atoms with Crippen molar-refractivity contribution in [3.63, 3.8) is 0 Å². The molecule has 1 aliphatic carbocycles. The minimum atomic E-state index is -1.20. The Kier molecular flexibility index (Phi) is 7.35. The number of rotatable bonds is 8. The minimum Gasteiger partial charge on any atom is -0.465 e. The number of ether oxygens (including phenoxy) is 1. The number of benzene rings is 1. The van der Waals surface area contributed by atoms with Crippen LogP contribution >= 0.6 is 0 Å². The summed E-state index contributed by atoms with van der Waals surface area (Å²) in [5, 5.41) is 22.3. The van der Waals surface area contributed by atoms with Gasteiger partial charge in [-0.3, -0.25) is 4.90 Å². The molecule has 5 N–H and O–H groups in total. The Hall–Kier alpha value is -3.46. The number of hydrogen-bond acceptors (Lipinski definition) is 7. The topological polar surface area (TPSA) is 138 Å². The molecule has 1 aliphatic heterocycles. The van der Waals surface area contributed by atoms with Crippen molar-refractivity contribution in [2.45, 2.75) is 50.4 Å². The second kappa shape index (κ2) is 10.4. The number of aromatic nitrogens is 2. The molecule has 1 aromatic heterocycles. The quantitative estimate of drug-likeness (QED) is 0.334. The standard InChI is InChI=1S/C24H29FN6O4/c1-2-30-19(26)18-21(29-22(30)24(34)9-4-3-5-10-24)31(12-14-35-13-11-27-23(32)33)20(28-18)16-7-6-8-17(25)15-16/h1,6-8,15,19,27,34H,3-5,9-14,26H2,(H,32,33). The first kappa shape index (κ1) is 24.7. The third-order valence-corrected chi connectivity index (χ3v) is 6.27. The van der Waals surface area contributed by atoms with Gasteiger partial charge in [0.2, 0.25) is 0 Å². The number of halogens is 1. The molecule has 1 unspecified atom stereocenters. The average molecular weight is 485 g/mol. The number of amides is 1. The fourth-order valence-corrected chi connectivity index (χ4v) is 4.57. The fourth-order valence-electron chi connectivity index (χ4n) is 4.57. The number of terminal acetylenes is 1. The number of nitrogens with two attached hydrogens (primary N) is 1. The fraction of sp³-hybridized carbons (Fsp3) is 0.458. The molecule has 4 rings (SSSR count). The van der Waals surface area contributed by atoms with Crippen molar-refractivity contribution in [1.82, 2.24) is 19.8 Å². The Morgan fingerprint density at radius 1 is 1.34 bits per heavy atom. The molecule has 1 aromatic carbocycles. The molecule has 2 aliphatic rings. The van der Waals surface area contributed by atoms with Gasteiger partial charge >= 0.3 is 6.09 Å². The number of aliphatic hydroxyl groups is 1. The predicted octanol–water partition coefficient (Wildman–Crippen LogP) is 2.56. The van der Waals surface area contributed by atoms with Gasteiger partial charge in [0.25, 0.3) is 0 Å². The van der Waals surface area contributed by atoms with Gasteiger partial charge in [0.1, 0.15) is 29.1 Å². The molecular weight excluding hydrogens is 455 g/mol. The van der Waals surface area contributed by atoms with Crippen molar-refractivity contribution in [3.8, 4) is 23.9 Å². The number of hydrogen-bond donors (Lipinski definition) is 4. The lowest BCUT2D eigenvalue weighted by Crippen LogP contribution is -2.52. The molecule has 0 saturated heterocycles. The third kappa shape index (κ3) is 5.14.